The van der Waals surface area contributed by atoms with Crippen molar-refractivity contribution in [1.29, 1.82) is 0 Å². The predicted molar refractivity (Wildman–Crippen MR) is 46.7 cm³/mol. The summed E-state index contributed by atoms with van der Waals surface area (Å²) in [6.07, 6.45) is 7.25. The van der Waals surface area contributed by atoms with Crippen molar-refractivity contribution in [1.82, 2.24) is 9.97 Å². The minimum absolute atomic E-state index is 0.202. The van der Waals surface area contributed by atoms with Gasteiger partial charge in [0.2, 0.25) is 0 Å². The molecule has 1 atom stereocenters. The Morgan fingerprint density at radius 1 is 1.50 bits per heavy atom. The first-order chi connectivity index (χ1) is 5.83. The zero-order valence-corrected chi connectivity index (χ0v) is 7.27. The highest BCUT2D eigenvalue weighted by Crippen LogP contribution is 2.02. The summed E-state index contributed by atoms with van der Waals surface area (Å²) in [6, 6.07) is 0. The smallest absolute Gasteiger partial charge is 0.0587 e. The molecule has 12 heavy (non-hydrogen) atoms. The van der Waals surface area contributed by atoms with Crippen LogP contribution in [0.1, 0.15) is 25.5 Å². The molecule has 1 heterocycles. The van der Waals surface area contributed by atoms with E-state index < -0.39 is 0 Å². The molecule has 3 nitrogen and oxygen atoms in total. The lowest BCUT2D eigenvalue weighted by Crippen LogP contribution is -2.06. The number of nitrogens with zero attached hydrogens (tertiary/aromatic N) is 2. The second-order valence-corrected chi connectivity index (χ2v) is 2.80. The molecule has 0 saturated heterocycles. The van der Waals surface area contributed by atoms with Crippen molar-refractivity contribution in [3.05, 3.63) is 24.3 Å². The molecule has 0 amide bonds. The topological polar surface area (TPSA) is 46.0 Å². The average molecular weight is 166 g/mol. The summed E-state index contributed by atoms with van der Waals surface area (Å²) >= 11 is 0. The number of hydrogen-bond acceptors (Lipinski definition) is 3. The van der Waals surface area contributed by atoms with Crippen LogP contribution in [0.25, 0.3) is 0 Å². The minimum Gasteiger partial charge on any atom is -0.393 e. The first-order valence-electron chi connectivity index (χ1n) is 4.26. The maximum atomic E-state index is 9.27. The summed E-state index contributed by atoms with van der Waals surface area (Å²) in [4.78, 5) is 8.06. The third-order valence-electron chi connectivity index (χ3n) is 1.82. The van der Waals surface area contributed by atoms with Crippen molar-refractivity contribution < 1.29 is 5.11 Å². The van der Waals surface area contributed by atoms with Gasteiger partial charge < -0.3 is 5.11 Å². The first-order valence-corrected chi connectivity index (χ1v) is 4.26. The molecular weight excluding hydrogens is 152 g/mol. The first kappa shape index (κ1) is 9.13. The minimum atomic E-state index is -0.202. The molecule has 0 aliphatic carbocycles. The van der Waals surface area contributed by atoms with Gasteiger partial charge in [0, 0.05) is 18.6 Å². The Morgan fingerprint density at radius 2 is 2.33 bits per heavy atom. The highest BCUT2D eigenvalue weighted by Gasteiger charge is 2.01. The van der Waals surface area contributed by atoms with Crippen LogP contribution in [0.4, 0.5) is 0 Å². The number of aryl methyl sites for hydroxylation is 1. The van der Waals surface area contributed by atoms with E-state index in [4.69, 9.17) is 0 Å². The summed E-state index contributed by atoms with van der Waals surface area (Å²) in [5, 5.41) is 9.27. The van der Waals surface area contributed by atoms with E-state index in [0.717, 1.165) is 25.0 Å². The maximum absolute atomic E-state index is 9.27. The highest BCUT2D eigenvalue weighted by molar-refractivity contribution is 4.94. The van der Waals surface area contributed by atoms with E-state index in [1.807, 2.05) is 6.92 Å². The monoisotopic (exact) mass is 166 g/mol. The fraction of sp³-hybridized carbons (Fsp3) is 0.556. The van der Waals surface area contributed by atoms with Gasteiger partial charge in [-0.1, -0.05) is 6.92 Å². The molecule has 0 aliphatic rings. The summed E-state index contributed by atoms with van der Waals surface area (Å²) in [5.74, 6) is 0. The van der Waals surface area contributed by atoms with Gasteiger partial charge >= 0.3 is 0 Å². The SMILES string of the molecule is CCC(O)CCc1cnccn1. The van der Waals surface area contributed by atoms with E-state index >= 15 is 0 Å². The van der Waals surface area contributed by atoms with Crippen LogP contribution in [0.3, 0.4) is 0 Å². The Balaban J connectivity index is 2.33. The van der Waals surface area contributed by atoms with Crippen LogP contribution >= 0.6 is 0 Å². The zero-order valence-electron chi connectivity index (χ0n) is 7.27. The Kier molecular flexibility index (Phi) is 3.67. The predicted octanol–water partition coefficient (Wildman–Crippen LogP) is 1.18. The van der Waals surface area contributed by atoms with Crippen LogP contribution in [0.15, 0.2) is 18.6 Å². The van der Waals surface area contributed by atoms with E-state index in [1.165, 1.54) is 0 Å². The number of rotatable bonds is 4. The fourth-order valence-corrected chi connectivity index (χ4v) is 0.978. The van der Waals surface area contributed by atoms with Gasteiger partial charge in [-0.3, -0.25) is 9.97 Å². The molecule has 1 aromatic heterocycles. The van der Waals surface area contributed by atoms with Gasteiger partial charge in [-0.15, -0.1) is 0 Å². The fourth-order valence-electron chi connectivity index (χ4n) is 0.978. The van der Waals surface area contributed by atoms with Crippen molar-refractivity contribution in [2.75, 3.05) is 0 Å². The van der Waals surface area contributed by atoms with E-state index in [1.54, 1.807) is 18.6 Å². The van der Waals surface area contributed by atoms with E-state index in [-0.39, 0.29) is 6.10 Å². The van der Waals surface area contributed by atoms with Crippen molar-refractivity contribution in [3.63, 3.8) is 0 Å². The Morgan fingerprint density at radius 3 is 2.92 bits per heavy atom. The van der Waals surface area contributed by atoms with Crippen molar-refractivity contribution in [2.24, 2.45) is 0 Å². The second-order valence-electron chi connectivity index (χ2n) is 2.80. The normalized spacial score (nSPS) is 12.8. The molecule has 0 saturated carbocycles. The molecule has 1 rings (SSSR count). The quantitative estimate of drug-likeness (QED) is 0.730. The molecule has 3 heteroatoms. The standard InChI is InChI=1S/C9H14N2O/c1-2-9(12)4-3-8-7-10-5-6-11-8/h5-7,9,12H,2-4H2,1H3. The van der Waals surface area contributed by atoms with Crippen LogP contribution in [-0.4, -0.2) is 21.2 Å². The van der Waals surface area contributed by atoms with Gasteiger partial charge in [-0.05, 0) is 19.3 Å². The lowest BCUT2D eigenvalue weighted by atomic mass is 10.1. The van der Waals surface area contributed by atoms with Gasteiger partial charge in [-0.2, -0.15) is 0 Å². The molecule has 1 aromatic rings. The zero-order chi connectivity index (χ0) is 8.81. The number of aliphatic hydroxyl groups excluding tert-OH is 1. The summed E-state index contributed by atoms with van der Waals surface area (Å²) < 4.78 is 0. The third-order valence-corrected chi connectivity index (χ3v) is 1.82. The van der Waals surface area contributed by atoms with Crippen molar-refractivity contribution in [2.45, 2.75) is 32.3 Å². The molecule has 66 valence electrons. The van der Waals surface area contributed by atoms with Crippen LogP contribution in [0.5, 0.6) is 0 Å². The van der Waals surface area contributed by atoms with E-state index in [0.29, 0.717) is 0 Å². The van der Waals surface area contributed by atoms with E-state index in [2.05, 4.69) is 9.97 Å². The highest BCUT2D eigenvalue weighted by atomic mass is 16.3. The molecule has 1 N–H and O–H groups in total. The van der Waals surface area contributed by atoms with Crippen LogP contribution in [0.2, 0.25) is 0 Å². The molecule has 0 fully saturated rings. The average Bonchev–Trinajstić information content (AvgIpc) is 2.16. The molecule has 0 spiro atoms. The number of aromatic nitrogens is 2. The lowest BCUT2D eigenvalue weighted by Gasteiger charge is -2.05. The summed E-state index contributed by atoms with van der Waals surface area (Å²) in [6.45, 7) is 1.97. The molecule has 1 unspecified atom stereocenters. The van der Waals surface area contributed by atoms with Gasteiger partial charge in [0.1, 0.15) is 0 Å². The van der Waals surface area contributed by atoms with Gasteiger partial charge in [0.25, 0.3) is 0 Å². The maximum Gasteiger partial charge on any atom is 0.0587 e. The van der Waals surface area contributed by atoms with Gasteiger partial charge in [-0.25, -0.2) is 0 Å². The Labute approximate surface area is 72.5 Å². The molecule has 0 aliphatic heterocycles. The molecular formula is C9H14N2O. The Bertz CT molecular complexity index is 213. The summed E-state index contributed by atoms with van der Waals surface area (Å²) in [7, 11) is 0. The summed E-state index contributed by atoms with van der Waals surface area (Å²) in [5.41, 5.74) is 0.949. The second kappa shape index (κ2) is 4.83. The molecule has 0 aromatic carbocycles. The Hall–Kier alpha value is -0.960. The van der Waals surface area contributed by atoms with Crippen LogP contribution < -0.4 is 0 Å². The van der Waals surface area contributed by atoms with Gasteiger partial charge in [0.15, 0.2) is 0 Å². The van der Waals surface area contributed by atoms with Gasteiger partial charge in [0.05, 0.1) is 11.8 Å². The molecule has 0 radical (unpaired) electrons. The van der Waals surface area contributed by atoms with E-state index in [9.17, 15) is 5.11 Å². The lowest BCUT2D eigenvalue weighted by molar-refractivity contribution is 0.160. The number of aliphatic hydroxyl groups is 1. The van der Waals surface area contributed by atoms with Crippen molar-refractivity contribution >= 4 is 0 Å². The largest absolute Gasteiger partial charge is 0.393 e. The third kappa shape index (κ3) is 2.96. The van der Waals surface area contributed by atoms with Crippen molar-refractivity contribution in [3.8, 4) is 0 Å². The molecule has 0 bridgehead atoms. The van der Waals surface area contributed by atoms with Crippen LogP contribution in [-0.2, 0) is 6.42 Å². The van der Waals surface area contributed by atoms with Crippen LogP contribution in [0, 0.1) is 0 Å². The number of hydrogen-bond donors (Lipinski definition) is 1.